The van der Waals surface area contributed by atoms with E-state index in [0.717, 1.165) is 16.6 Å². The lowest BCUT2D eigenvalue weighted by Gasteiger charge is -2.01. The summed E-state index contributed by atoms with van der Waals surface area (Å²) >= 11 is 0. The lowest BCUT2D eigenvalue weighted by molar-refractivity contribution is 0.0699. The Kier molecular flexibility index (Phi) is 7.34. The van der Waals surface area contributed by atoms with Crippen LogP contribution >= 0.6 is 0 Å². The number of aromatic carboxylic acids is 1. The summed E-state index contributed by atoms with van der Waals surface area (Å²) in [6.07, 6.45) is 0. The molecule has 0 saturated carbocycles. The van der Waals surface area contributed by atoms with Gasteiger partial charge in [0.1, 0.15) is 5.75 Å². The van der Waals surface area contributed by atoms with Gasteiger partial charge in [0.2, 0.25) is 0 Å². The van der Waals surface area contributed by atoms with E-state index >= 15 is 0 Å². The summed E-state index contributed by atoms with van der Waals surface area (Å²) in [4.78, 5) is 15.1. The highest BCUT2D eigenvalue weighted by atomic mass is 27.0. The summed E-state index contributed by atoms with van der Waals surface area (Å²) in [5.41, 5.74) is 3.93. The number of rotatable bonds is 2. The van der Waals surface area contributed by atoms with Crippen molar-refractivity contribution in [2.75, 3.05) is 0 Å². The predicted octanol–water partition coefficient (Wildman–Crippen LogP) is 4.92. The van der Waals surface area contributed by atoms with Crippen LogP contribution in [0.25, 0.3) is 22.0 Å². The highest BCUT2D eigenvalue weighted by Gasteiger charge is 2.08. The van der Waals surface area contributed by atoms with E-state index in [0.29, 0.717) is 11.3 Å². The molecule has 3 aromatic carbocycles. The maximum Gasteiger partial charge on any atom is 0.337 e. The molecular formula is C23H19AlNO3. The monoisotopic (exact) mass is 384 g/mol. The van der Waals surface area contributed by atoms with Gasteiger partial charge in [-0.3, -0.25) is 4.98 Å². The first kappa shape index (κ1) is 21.2. The van der Waals surface area contributed by atoms with E-state index in [1.807, 2.05) is 67.6 Å². The van der Waals surface area contributed by atoms with Gasteiger partial charge in [-0.25, -0.2) is 4.79 Å². The number of aryl methyl sites for hydroxylation is 1. The molecule has 0 fully saturated rings. The first-order valence-corrected chi connectivity index (χ1v) is 8.49. The van der Waals surface area contributed by atoms with Crippen molar-refractivity contribution >= 4 is 34.2 Å². The SMILES string of the molecule is Cc1ccc2cccc(C(=O)O)c2n1.Oc1ccc(-c2ccccc2)cc1.[Al]. The number of benzene rings is 3. The topological polar surface area (TPSA) is 70.4 Å². The molecule has 0 spiro atoms. The summed E-state index contributed by atoms with van der Waals surface area (Å²) in [7, 11) is 0. The van der Waals surface area contributed by atoms with E-state index in [-0.39, 0.29) is 22.9 Å². The number of carbonyl (C=O) groups is 1. The molecule has 0 aliphatic rings. The number of pyridine rings is 1. The standard InChI is InChI=1S/C12H10O.C11H9NO2.Al/c13-12-8-6-11(7-9-12)10-4-2-1-3-5-10;1-7-5-6-8-3-2-4-9(11(13)14)10(8)12-7;/h1-9,13H;2-6H,1H3,(H,13,14);. The second-order valence-corrected chi connectivity index (χ2v) is 6.05. The Hall–Kier alpha value is -3.13. The molecule has 0 bridgehead atoms. The zero-order valence-electron chi connectivity index (χ0n) is 15.4. The Bertz CT molecular complexity index is 1060. The average molecular weight is 384 g/mol. The van der Waals surface area contributed by atoms with Crippen LogP contribution in [0.4, 0.5) is 0 Å². The molecule has 4 nitrogen and oxygen atoms in total. The van der Waals surface area contributed by atoms with Crippen LogP contribution < -0.4 is 0 Å². The molecule has 0 atom stereocenters. The molecule has 0 saturated heterocycles. The molecule has 0 aliphatic carbocycles. The van der Waals surface area contributed by atoms with E-state index in [4.69, 9.17) is 10.2 Å². The molecule has 2 N–H and O–H groups in total. The highest BCUT2D eigenvalue weighted by Crippen LogP contribution is 2.21. The number of carboxylic acid groups (broad SMARTS) is 1. The third-order valence-corrected chi connectivity index (χ3v) is 4.06. The summed E-state index contributed by atoms with van der Waals surface area (Å²) < 4.78 is 0. The Morgan fingerprint density at radius 2 is 1.43 bits per heavy atom. The lowest BCUT2D eigenvalue weighted by Crippen LogP contribution is -1.99. The van der Waals surface area contributed by atoms with Gasteiger partial charge in [0.25, 0.3) is 0 Å². The fourth-order valence-electron chi connectivity index (χ4n) is 2.70. The minimum atomic E-state index is -0.936. The van der Waals surface area contributed by atoms with Crippen molar-refractivity contribution in [3.63, 3.8) is 0 Å². The Morgan fingerprint density at radius 3 is 2.07 bits per heavy atom. The Balaban J connectivity index is 0.000000194. The van der Waals surface area contributed by atoms with Crippen LogP contribution in [0, 0.1) is 6.92 Å². The summed E-state index contributed by atoms with van der Waals surface area (Å²) in [6.45, 7) is 1.85. The maximum atomic E-state index is 10.9. The van der Waals surface area contributed by atoms with Crippen molar-refractivity contribution in [3.8, 4) is 16.9 Å². The first-order valence-electron chi connectivity index (χ1n) is 8.49. The number of aromatic hydroxyl groups is 1. The molecule has 4 rings (SSSR count). The van der Waals surface area contributed by atoms with Gasteiger partial charge in [-0.15, -0.1) is 0 Å². The van der Waals surface area contributed by atoms with Crippen LogP contribution in [-0.4, -0.2) is 38.5 Å². The van der Waals surface area contributed by atoms with Gasteiger partial charge in [0.15, 0.2) is 0 Å². The van der Waals surface area contributed by atoms with Crippen molar-refractivity contribution in [2.45, 2.75) is 6.92 Å². The third-order valence-electron chi connectivity index (χ3n) is 4.06. The second kappa shape index (κ2) is 9.71. The average Bonchev–Trinajstić information content (AvgIpc) is 2.69. The lowest BCUT2D eigenvalue weighted by atomic mass is 10.1. The van der Waals surface area contributed by atoms with E-state index in [1.165, 1.54) is 5.56 Å². The van der Waals surface area contributed by atoms with Gasteiger partial charge < -0.3 is 10.2 Å². The van der Waals surface area contributed by atoms with Crippen LogP contribution in [0.2, 0.25) is 0 Å². The maximum absolute atomic E-state index is 10.9. The molecular weight excluding hydrogens is 365 g/mol. The van der Waals surface area contributed by atoms with Gasteiger partial charge in [-0.05, 0) is 42.3 Å². The molecule has 137 valence electrons. The van der Waals surface area contributed by atoms with Crippen LogP contribution in [-0.2, 0) is 0 Å². The number of hydrogen-bond acceptors (Lipinski definition) is 3. The molecule has 0 aliphatic heterocycles. The van der Waals surface area contributed by atoms with Gasteiger partial charge in [0.05, 0.1) is 11.1 Å². The number of carboxylic acids is 1. The largest absolute Gasteiger partial charge is 0.508 e. The number of nitrogens with zero attached hydrogens (tertiary/aromatic N) is 1. The van der Waals surface area contributed by atoms with E-state index < -0.39 is 5.97 Å². The van der Waals surface area contributed by atoms with Crippen molar-refractivity contribution in [2.24, 2.45) is 0 Å². The van der Waals surface area contributed by atoms with Crippen LogP contribution in [0.5, 0.6) is 5.75 Å². The number of phenols is 1. The zero-order chi connectivity index (χ0) is 19.2. The molecule has 1 aromatic heterocycles. The molecule has 0 amide bonds. The molecule has 5 heteroatoms. The van der Waals surface area contributed by atoms with E-state index in [2.05, 4.69) is 4.98 Å². The number of phenolic OH excluding ortho intramolecular Hbond substituents is 1. The van der Waals surface area contributed by atoms with E-state index in [1.54, 1.807) is 24.3 Å². The van der Waals surface area contributed by atoms with Crippen LogP contribution in [0.1, 0.15) is 16.1 Å². The third kappa shape index (κ3) is 5.20. The van der Waals surface area contributed by atoms with Crippen molar-refractivity contribution < 1.29 is 15.0 Å². The van der Waals surface area contributed by atoms with Gasteiger partial charge in [-0.2, -0.15) is 0 Å². The quantitative estimate of drug-likeness (QED) is 0.481. The zero-order valence-corrected chi connectivity index (χ0v) is 16.6. The van der Waals surface area contributed by atoms with Crippen molar-refractivity contribution in [1.82, 2.24) is 4.98 Å². The first-order chi connectivity index (χ1) is 13.0. The number of para-hydroxylation sites is 1. The Labute approximate surface area is 174 Å². The summed E-state index contributed by atoms with van der Waals surface area (Å²) in [5, 5.41) is 18.9. The minimum Gasteiger partial charge on any atom is -0.508 e. The fourth-order valence-corrected chi connectivity index (χ4v) is 2.70. The van der Waals surface area contributed by atoms with Crippen LogP contribution in [0.15, 0.2) is 84.9 Å². The number of hydrogen-bond donors (Lipinski definition) is 2. The highest BCUT2D eigenvalue weighted by molar-refractivity contribution is 6.01. The van der Waals surface area contributed by atoms with Crippen LogP contribution in [0.3, 0.4) is 0 Å². The fraction of sp³-hybridized carbons (Fsp3) is 0.0435. The summed E-state index contributed by atoms with van der Waals surface area (Å²) in [6, 6.07) is 26.2. The molecule has 4 aromatic rings. The molecule has 28 heavy (non-hydrogen) atoms. The van der Waals surface area contributed by atoms with Gasteiger partial charge >= 0.3 is 5.97 Å². The molecule has 1 heterocycles. The number of aromatic nitrogens is 1. The minimum absolute atomic E-state index is 0. The normalized spacial score (nSPS) is 9.75. The second-order valence-electron chi connectivity index (χ2n) is 6.05. The Morgan fingerprint density at radius 1 is 0.786 bits per heavy atom. The number of fused-ring (bicyclic) bond motifs is 1. The molecule has 0 unspecified atom stereocenters. The van der Waals surface area contributed by atoms with Gasteiger partial charge in [0, 0.05) is 28.4 Å². The molecule has 3 radical (unpaired) electrons. The van der Waals surface area contributed by atoms with Crippen molar-refractivity contribution in [3.05, 3.63) is 96.2 Å². The predicted molar refractivity (Wildman–Crippen MR) is 113 cm³/mol. The summed E-state index contributed by atoms with van der Waals surface area (Å²) in [5.74, 6) is -0.631. The van der Waals surface area contributed by atoms with E-state index in [9.17, 15) is 4.79 Å². The van der Waals surface area contributed by atoms with Crippen molar-refractivity contribution in [1.29, 1.82) is 0 Å². The van der Waals surface area contributed by atoms with Gasteiger partial charge in [-0.1, -0.05) is 60.7 Å². The smallest absolute Gasteiger partial charge is 0.337 e.